The van der Waals surface area contributed by atoms with Gasteiger partial charge < -0.3 is 4.74 Å². The first kappa shape index (κ1) is 13.6. The van der Waals surface area contributed by atoms with Crippen LogP contribution in [0.3, 0.4) is 0 Å². The van der Waals surface area contributed by atoms with Gasteiger partial charge in [0.15, 0.2) is 5.82 Å². The quantitative estimate of drug-likeness (QED) is 0.763. The number of nitrogens with zero attached hydrogens (tertiary/aromatic N) is 1. The molecule has 7 heteroatoms. The summed E-state index contributed by atoms with van der Waals surface area (Å²) >= 11 is 5.77. The second-order valence-electron chi connectivity index (χ2n) is 3.52. The van der Waals surface area contributed by atoms with Crippen LogP contribution < -0.4 is 4.74 Å². The molecule has 0 spiro atoms. The van der Waals surface area contributed by atoms with E-state index in [1.807, 2.05) is 0 Å². The molecule has 0 unspecified atom stereocenters. The summed E-state index contributed by atoms with van der Waals surface area (Å²) in [6.07, 6.45) is -2.86. The highest BCUT2D eigenvalue weighted by Crippen LogP contribution is 2.38. The van der Waals surface area contributed by atoms with Crippen LogP contribution in [-0.2, 0) is 0 Å². The van der Waals surface area contributed by atoms with E-state index < -0.39 is 17.9 Å². The maximum Gasteiger partial charge on any atom is 0.573 e. The van der Waals surface area contributed by atoms with Gasteiger partial charge in [-0.05, 0) is 6.07 Å². The fourth-order valence-corrected chi connectivity index (χ4v) is 1.80. The summed E-state index contributed by atoms with van der Waals surface area (Å²) in [6.45, 7) is 0. The summed E-state index contributed by atoms with van der Waals surface area (Å²) in [5, 5.41) is -0.0989. The van der Waals surface area contributed by atoms with Gasteiger partial charge in [0.2, 0.25) is 0 Å². The van der Waals surface area contributed by atoms with E-state index in [0.29, 0.717) is 0 Å². The highest BCUT2D eigenvalue weighted by atomic mass is 35.5. The topological polar surface area (TPSA) is 22.1 Å². The lowest BCUT2D eigenvalue weighted by Gasteiger charge is -2.14. The number of ether oxygens (including phenoxy) is 1. The second kappa shape index (κ2) is 5.05. The van der Waals surface area contributed by atoms with Gasteiger partial charge in [0.05, 0.1) is 11.2 Å². The second-order valence-corrected chi connectivity index (χ2v) is 3.93. The highest BCUT2D eigenvalue weighted by molar-refractivity contribution is 6.33. The third-order valence-electron chi connectivity index (χ3n) is 2.24. The zero-order valence-corrected chi connectivity index (χ0v) is 9.97. The number of rotatable bonds is 2. The minimum atomic E-state index is -4.87. The first-order valence-electron chi connectivity index (χ1n) is 5.02. The van der Waals surface area contributed by atoms with E-state index >= 15 is 0 Å². The lowest BCUT2D eigenvalue weighted by atomic mass is 10.1. The molecule has 0 aliphatic carbocycles. The van der Waals surface area contributed by atoms with Gasteiger partial charge in [-0.15, -0.1) is 13.2 Å². The Balaban J connectivity index is 2.57. The largest absolute Gasteiger partial charge is 0.573 e. The third-order valence-corrected chi connectivity index (χ3v) is 2.52. The summed E-state index contributed by atoms with van der Waals surface area (Å²) in [6, 6.07) is 5.16. The normalized spacial score (nSPS) is 11.4. The van der Waals surface area contributed by atoms with E-state index in [0.717, 1.165) is 18.5 Å². The smallest absolute Gasteiger partial charge is 0.405 e. The minimum Gasteiger partial charge on any atom is -0.405 e. The average molecular weight is 292 g/mol. The van der Waals surface area contributed by atoms with Gasteiger partial charge in [0.1, 0.15) is 5.75 Å². The van der Waals surface area contributed by atoms with Crippen molar-refractivity contribution in [1.82, 2.24) is 4.98 Å². The van der Waals surface area contributed by atoms with Crippen molar-refractivity contribution < 1.29 is 22.3 Å². The van der Waals surface area contributed by atoms with Crippen LogP contribution in [0.25, 0.3) is 11.1 Å². The summed E-state index contributed by atoms with van der Waals surface area (Å²) in [4.78, 5) is 3.50. The van der Waals surface area contributed by atoms with E-state index in [1.54, 1.807) is 0 Å². The van der Waals surface area contributed by atoms with Crippen LogP contribution in [0, 0.1) is 5.82 Å². The predicted molar refractivity (Wildman–Crippen MR) is 61.3 cm³/mol. The van der Waals surface area contributed by atoms with Crippen LogP contribution in [0.15, 0.2) is 36.7 Å². The van der Waals surface area contributed by atoms with Crippen molar-refractivity contribution >= 4 is 11.6 Å². The van der Waals surface area contributed by atoms with E-state index in [2.05, 4.69) is 9.72 Å². The van der Waals surface area contributed by atoms with E-state index in [4.69, 9.17) is 11.6 Å². The molecule has 0 N–H and O–H groups in total. The highest BCUT2D eigenvalue weighted by Gasteiger charge is 2.32. The number of aromatic nitrogens is 1. The van der Waals surface area contributed by atoms with E-state index in [-0.39, 0.29) is 16.1 Å². The third kappa shape index (κ3) is 3.14. The van der Waals surface area contributed by atoms with Crippen molar-refractivity contribution in [1.29, 1.82) is 0 Å². The van der Waals surface area contributed by atoms with E-state index in [1.165, 1.54) is 18.2 Å². The Morgan fingerprint density at radius 2 is 1.79 bits per heavy atom. The van der Waals surface area contributed by atoms with Gasteiger partial charge in [0.25, 0.3) is 0 Å². The number of hydrogen-bond donors (Lipinski definition) is 0. The van der Waals surface area contributed by atoms with Crippen LogP contribution in [0.1, 0.15) is 0 Å². The van der Waals surface area contributed by atoms with Crippen molar-refractivity contribution in [3.63, 3.8) is 0 Å². The van der Waals surface area contributed by atoms with Crippen LogP contribution >= 0.6 is 11.6 Å². The van der Waals surface area contributed by atoms with Crippen LogP contribution in [-0.4, -0.2) is 11.3 Å². The number of alkyl halides is 3. The lowest BCUT2D eigenvalue weighted by Crippen LogP contribution is -2.17. The van der Waals surface area contributed by atoms with Crippen molar-refractivity contribution in [2.45, 2.75) is 6.36 Å². The molecule has 0 radical (unpaired) electrons. The summed E-state index contributed by atoms with van der Waals surface area (Å²) in [5.41, 5.74) is -0.277. The molecule has 0 fully saturated rings. The molecule has 100 valence electrons. The molecule has 1 aromatic carbocycles. The molecule has 0 aliphatic rings. The maximum atomic E-state index is 13.7. The summed E-state index contributed by atoms with van der Waals surface area (Å²) in [5.74, 6) is -1.35. The number of pyridine rings is 1. The first-order valence-corrected chi connectivity index (χ1v) is 5.40. The van der Waals surface area contributed by atoms with Gasteiger partial charge in [-0.3, -0.25) is 4.98 Å². The van der Waals surface area contributed by atoms with Crippen LogP contribution in [0.4, 0.5) is 17.6 Å². The molecule has 2 aromatic rings. The van der Waals surface area contributed by atoms with Gasteiger partial charge >= 0.3 is 6.36 Å². The molecule has 1 heterocycles. The molecule has 1 aromatic heterocycles. The van der Waals surface area contributed by atoms with E-state index in [9.17, 15) is 17.6 Å². The molecule has 2 nitrogen and oxygen atoms in total. The predicted octanol–water partition coefficient (Wildman–Crippen LogP) is 4.44. The molecule has 0 saturated carbocycles. The zero-order valence-electron chi connectivity index (χ0n) is 9.21. The number of hydrogen-bond acceptors (Lipinski definition) is 2. The number of benzene rings is 1. The van der Waals surface area contributed by atoms with Gasteiger partial charge in [0, 0.05) is 17.3 Å². The summed E-state index contributed by atoms with van der Waals surface area (Å²) < 4.78 is 54.3. The fourth-order valence-electron chi connectivity index (χ4n) is 1.56. The molecule has 0 amide bonds. The maximum absolute atomic E-state index is 13.7. The molecular weight excluding hydrogens is 286 g/mol. The summed E-state index contributed by atoms with van der Waals surface area (Å²) in [7, 11) is 0. The Morgan fingerprint density at radius 1 is 1.11 bits per heavy atom. The number of halogens is 5. The van der Waals surface area contributed by atoms with Crippen molar-refractivity contribution in [3.05, 3.63) is 47.5 Å². The minimum absolute atomic E-state index is 0.0928. The average Bonchev–Trinajstić information content (AvgIpc) is 2.29. The molecular formula is C12H6ClF4NO. The number of para-hydroxylation sites is 1. The first-order chi connectivity index (χ1) is 8.88. The SMILES string of the molecule is Fc1cncc(Cl)c1-c1ccccc1OC(F)(F)F. The Kier molecular flexibility index (Phi) is 3.61. The molecule has 0 aliphatic heterocycles. The lowest BCUT2D eigenvalue weighted by molar-refractivity contribution is -0.274. The van der Waals surface area contributed by atoms with Crippen molar-refractivity contribution in [2.24, 2.45) is 0 Å². The van der Waals surface area contributed by atoms with Gasteiger partial charge in [-0.1, -0.05) is 29.8 Å². The van der Waals surface area contributed by atoms with Gasteiger partial charge in [-0.2, -0.15) is 0 Å². The Hall–Kier alpha value is -1.82. The molecule has 0 bridgehead atoms. The van der Waals surface area contributed by atoms with Crippen LogP contribution in [0.5, 0.6) is 5.75 Å². The molecule has 19 heavy (non-hydrogen) atoms. The molecule has 0 saturated heterocycles. The Morgan fingerprint density at radius 3 is 2.42 bits per heavy atom. The van der Waals surface area contributed by atoms with Crippen LogP contribution in [0.2, 0.25) is 5.02 Å². The molecule has 2 rings (SSSR count). The zero-order chi connectivity index (χ0) is 14.0. The van der Waals surface area contributed by atoms with Gasteiger partial charge in [-0.25, -0.2) is 4.39 Å². The Bertz CT molecular complexity index is 580. The van der Waals surface area contributed by atoms with Crippen molar-refractivity contribution in [2.75, 3.05) is 0 Å². The van der Waals surface area contributed by atoms with Crippen molar-refractivity contribution in [3.8, 4) is 16.9 Å². The standard InChI is InChI=1S/C12H6ClF4NO/c13-8-5-18-6-9(14)11(8)7-3-1-2-4-10(7)19-12(15,16)17/h1-6H. The monoisotopic (exact) mass is 291 g/mol. The Labute approximate surface area is 110 Å². The molecule has 0 atom stereocenters. The fraction of sp³-hybridized carbons (Fsp3) is 0.0833.